The molecule has 5 nitrogen and oxygen atoms in total. The van der Waals surface area contributed by atoms with E-state index in [1.165, 1.54) is 4.31 Å². The van der Waals surface area contributed by atoms with Crippen LogP contribution in [0.3, 0.4) is 0 Å². The van der Waals surface area contributed by atoms with Crippen LogP contribution in [-0.2, 0) is 14.8 Å². The molecule has 0 aromatic heterocycles. The molecule has 1 saturated carbocycles. The van der Waals surface area contributed by atoms with Gasteiger partial charge in [-0.2, -0.15) is 0 Å². The zero-order valence-electron chi connectivity index (χ0n) is 12.9. The molecule has 2 fully saturated rings. The summed E-state index contributed by atoms with van der Waals surface area (Å²) in [4.78, 5) is 11.7. The van der Waals surface area contributed by atoms with Crippen LogP contribution < -0.4 is 0 Å². The van der Waals surface area contributed by atoms with Gasteiger partial charge >= 0.3 is 5.97 Å². The Bertz CT molecular complexity index is 466. The smallest absolute Gasteiger partial charge is 0.310 e. The predicted octanol–water partition coefficient (Wildman–Crippen LogP) is 2.62. The Labute approximate surface area is 127 Å². The van der Waals surface area contributed by atoms with E-state index in [0.29, 0.717) is 25.8 Å². The summed E-state index contributed by atoms with van der Waals surface area (Å²) >= 11 is 0. The summed E-state index contributed by atoms with van der Waals surface area (Å²) in [5.74, 6) is -0.840. The van der Waals surface area contributed by atoms with Gasteiger partial charge < -0.3 is 5.11 Å². The van der Waals surface area contributed by atoms with Crippen molar-refractivity contribution in [1.82, 2.24) is 4.31 Å². The quantitative estimate of drug-likeness (QED) is 0.846. The molecule has 2 aliphatic rings. The van der Waals surface area contributed by atoms with Crippen LogP contribution in [0.2, 0.25) is 0 Å². The largest absolute Gasteiger partial charge is 0.481 e. The minimum Gasteiger partial charge on any atom is -0.481 e. The van der Waals surface area contributed by atoms with E-state index in [9.17, 15) is 18.3 Å². The predicted molar refractivity (Wildman–Crippen MR) is 81.6 cm³/mol. The van der Waals surface area contributed by atoms with Crippen molar-refractivity contribution in [1.29, 1.82) is 0 Å². The number of carboxylic acids is 1. The molecule has 0 aromatic rings. The van der Waals surface area contributed by atoms with Crippen LogP contribution >= 0.6 is 0 Å². The van der Waals surface area contributed by atoms with Gasteiger partial charge in [0.25, 0.3) is 0 Å². The molecule has 1 atom stereocenters. The summed E-state index contributed by atoms with van der Waals surface area (Å²) in [5, 5.41) is 9.30. The van der Waals surface area contributed by atoms with Crippen LogP contribution in [-0.4, -0.2) is 42.1 Å². The SMILES string of the molecule is CCCC1(C(=O)O)CCCN(S(=O)(=O)C2CCCCC2)C1. The molecule has 0 bridgehead atoms. The van der Waals surface area contributed by atoms with E-state index in [-0.39, 0.29) is 11.8 Å². The van der Waals surface area contributed by atoms with Crippen LogP contribution in [0.4, 0.5) is 0 Å². The highest BCUT2D eigenvalue weighted by atomic mass is 32.2. The molecule has 0 aromatic carbocycles. The van der Waals surface area contributed by atoms with Gasteiger partial charge in [0.2, 0.25) is 10.0 Å². The summed E-state index contributed by atoms with van der Waals surface area (Å²) < 4.78 is 27.1. The molecular formula is C15H27NO4S. The van der Waals surface area contributed by atoms with Gasteiger partial charge in [-0.3, -0.25) is 4.79 Å². The maximum Gasteiger partial charge on any atom is 0.310 e. The van der Waals surface area contributed by atoms with Crippen LogP contribution in [0.1, 0.15) is 64.7 Å². The zero-order chi connectivity index (χ0) is 15.5. The van der Waals surface area contributed by atoms with Crippen molar-refractivity contribution in [2.45, 2.75) is 70.0 Å². The summed E-state index contributed by atoms with van der Waals surface area (Å²) in [6.07, 6.45) is 7.07. The first-order chi connectivity index (χ1) is 9.92. The third kappa shape index (κ3) is 3.42. The van der Waals surface area contributed by atoms with Crippen LogP contribution in [0.5, 0.6) is 0 Å². The molecule has 1 unspecified atom stereocenters. The van der Waals surface area contributed by atoms with E-state index < -0.39 is 21.4 Å². The van der Waals surface area contributed by atoms with Gasteiger partial charge in [0.1, 0.15) is 0 Å². The van der Waals surface area contributed by atoms with Crippen LogP contribution in [0, 0.1) is 5.41 Å². The lowest BCUT2D eigenvalue weighted by Crippen LogP contribution is -2.52. The van der Waals surface area contributed by atoms with Gasteiger partial charge in [0, 0.05) is 13.1 Å². The van der Waals surface area contributed by atoms with Crippen LogP contribution in [0.25, 0.3) is 0 Å². The molecule has 1 aliphatic carbocycles. The number of carbonyl (C=O) groups is 1. The average Bonchev–Trinajstić information content (AvgIpc) is 2.48. The topological polar surface area (TPSA) is 74.7 Å². The molecule has 0 amide bonds. The first kappa shape index (κ1) is 16.7. The fraction of sp³-hybridized carbons (Fsp3) is 0.933. The van der Waals surface area contributed by atoms with Gasteiger partial charge in [-0.05, 0) is 32.1 Å². The number of sulfonamides is 1. The Morgan fingerprint density at radius 1 is 1.24 bits per heavy atom. The monoisotopic (exact) mass is 317 g/mol. The summed E-state index contributed by atoms with van der Waals surface area (Å²) in [7, 11) is -3.34. The number of aliphatic carboxylic acids is 1. The zero-order valence-corrected chi connectivity index (χ0v) is 13.7. The van der Waals surface area contributed by atoms with Crippen molar-refractivity contribution >= 4 is 16.0 Å². The molecular weight excluding hydrogens is 290 g/mol. The molecule has 0 spiro atoms. The van der Waals surface area contributed by atoms with Crippen molar-refractivity contribution < 1.29 is 18.3 Å². The molecule has 1 aliphatic heterocycles. The van der Waals surface area contributed by atoms with Crippen molar-refractivity contribution in [2.24, 2.45) is 5.41 Å². The highest BCUT2D eigenvalue weighted by Gasteiger charge is 2.46. The fourth-order valence-electron chi connectivity index (χ4n) is 3.84. The van der Waals surface area contributed by atoms with Crippen molar-refractivity contribution in [3.63, 3.8) is 0 Å². The standard InChI is InChI=1S/C15H27NO4S/c1-2-9-15(14(17)18)10-6-11-16(12-15)21(19,20)13-7-4-3-5-8-13/h13H,2-12H2,1H3,(H,17,18). The van der Waals surface area contributed by atoms with Crippen molar-refractivity contribution in [3.05, 3.63) is 0 Å². The van der Waals surface area contributed by atoms with E-state index in [0.717, 1.165) is 38.5 Å². The summed E-state index contributed by atoms with van der Waals surface area (Å²) in [6, 6.07) is 0. The number of piperidine rings is 1. The number of nitrogens with zero attached hydrogens (tertiary/aromatic N) is 1. The normalized spacial score (nSPS) is 29.4. The number of hydrogen-bond acceptors (Lipinski definition) is 3. The Morgan fingerprint density at radius 2 is 1.90 bits per heavy atom. The lowest BCUT2D eigenvalue weighted by molar-refractivity contribution is -0.151. The maximum absolute atomic E-state index is 12.8. The van der Waals surface area contributed by atoms with E-state index in [1.807, 2.05) is 6.92 Å². The van der Waals surface area contributed by atoms with Crippen molar-refractivity contribution in [2.75, 3.05) is 13.1 Å². The first-order valence-electron chi connectivity index (χ1n) is 8.15. The van der Waals surface area contributed by atoms with Gasteiger partial charge in [0.05, 0.1) is 10.7 Å². The van der Waals surface area contributed by atoms with E-state index >= 15 is 0 Å². The molecule has 2 rings (SSSR count). The minimum atomic E-state index is -3.34. The second-order valence-electron chi connectivity index (χ2n) is 6.58. The third-order valence-corrected chi connectivity index (χ3v) is 7.40. The van der Waals surface area contributed by atoms with E-state index in [2.05, 4.69) is 0 Å². The van der Waals surface area contributed by atoms with Crippen LogP contribution in [0.15, 0.2) is 0 Å². The Kier molecular flexibility index (Phi) is 5.30. The minimum absolute atomic E-state index is 0.162. The Hall–Kier alpha value is -0.620. The number of rotatable bonds is 5. The Morgan fingerprint density at radius 3 is 2.48 bits per heavy atom. The van der Waals surface area contributed by atoms with Crippen molar-refractivity contribution in [3.8, 4) is 0 Å². The average molecular weight is 317 g/mol. The highest BCUT2D eigenvalue weighted by molar-refractivity contribution is 7.89. The molecule has 6 heteroatoms. The van der Waals surface area contributed by atoms with E-state index in [1.54, 1.807) is 0 Å². The fourth-order valence-corrected chi connectivity index (χ4v) is 6.01. The second-order valence-corrected chi connectivity index (χ2v) is 8.79. The van der Waals surface area contributed by atoms with E-state index in [4.69, 9.17) is 0 Å². The number of carboxylic acid groups (broad SMARTS) is 1. The molecule has 1 heterocycles. The molecule has 21 heavy (non-hydrogen) atoms. The molecule has 1 saturated heterocycles. The maximum atomic E-state index is 12.8. The van der Waals surface area contributed by atoms with Gasteiger partial charge in [-0.1, -0.05) is 32.6 Å². The summed E-state index contributed by atoms with van der Waals surface area (Å²) in [6.45, 7) is 2.60. The molecule has 1 N–H and O–H groups in total. The first-order valence-corrected chi connectivity index (χ1v) is 9.65. The summed E-state index contributed by atoms with van der Waals surface area (Å²) in [5.41, 5.74) is -0.880. The van der Waals surface area contributed by atoms with Gasteiger partial charge in [-0.15, -0.1) is 0 Å². The highest BCUT2D eigenvalue weighted by Crippen LogP contribution is 2.38. The molecule has 0 radical (unpaired) electrons. The third-order valence-electron chi connectivity index (χ3n) is 5.06. The molecule has 122 valence electrons. The lowest BCUT2D eigenvalue weighted by atomic mass is 9.77. The van der Waals surface area contributed by atoms with Gasteiger partial charge in [0.15, 0.2) is 0 Å². The lowest BCUT2D eigenvalue weighted by Gasteiger charge is -2.41. The van der Waals surface area contributed by atoms with Gasteiger partial charge in [-0.25, -0.2) is 12.7 Å². The second kappa shape index (κ2) is 6.65. The number of hydrogen-bond donors (Lipinski definition) is 1. The Balaban J connectivity index is 2.17.